The van der Waals surface area contributed by atoms with E-state index in [0.29, 0.717) is 25.9 Å². The fourth-order valence-electron chi connectivity index (χ4n) is 2.53. The van der Waals surface area contributed by atoms with Gasteiger partial charge in [0.1, 0.15) is 5.54 Å². The lowest BCUT2D eigenvalue weighted by molar-refractivity contribution is -0.159. The summed E-state index contributed by atoms with van der Waals surface area (Å²) in [5.74, 6) is -0.287. The van der Waals surface area contributed by atoms with Gasteiger partial charge in [-0.25, -0.2) is 0 Å². The highest BCUT2D eigenvalue weighted by Crippen LogP contribution is 2.29. The number of methoxy groups -OCH3 is 1. The molecule has 7 heteroatoms. The maximum absolute atomic E-state index is 12.0. The average molecular weight is 256 g/mol. The topological polar surface area (TPSA) is 96.3 Å². The summed E-state index contributed by atoms with van der Waals surface area (Å²) in [5, 5.41) is 6.61. The second-order valence-corrected chi connectivity index (χ2v) is 4.62. The van der Waals surface area contributed by atoms with Crippen molar-refractivity contribution in [1.82, 2.24) is 5.32 Å². The number of carbonyl (C=O) groups excluding carboxylic acids is 1. The summed E-state index contributed by atoms with van der Waals surface area (Å²) in [4.78, 5) is 14.7. The van der Waals surface area contributed by atoms with Crippen molar-refractivity contribution in [1.29, 1.82) is 0 Å². The van der Waals surface area contributed by atoms with E-state index in [2.05, 4.69) is 15.3 Å². The molecule has 2 unspecified atom stereocenters. The maximum Gasteiger partial charge on any atom is 0.326 e. The molecule has 2 atom stereocenters. The van der Waals surface area contributed by atoms with Crippen LogP contribution in [-0.2, 0) is 14.3 Å². The normalized spacial score (nSPS) is 31.5. The van der Waals surface area contributed by atoms with Gasteiger partial charge in [0.05, 0.1) is 19.3 Å². The van der Waals surface area contributed by atoms with Gasteiger partial charge in [0.2, 0.25) is 0 Å². The zero-order valence-electron chi connectivity index (χ0n) is 11.0. The highest BCUT2D eigenvalue weighted by Gasteiger charge is 2.45. The summed E-state index contributed by atoms with van der Waals surface area (Å²) in [6.07, 6.45) is 1.08. The number of azide groups is 1. The van der Waals surface area contributed by atoms with Gasteiger partial charge in [0.25, 0.3) is 0 Å². The Kier molecular flexibility index (Phi) is 5.40. The first-order valence-electron chi connectivity index (χ1n) is 6.04. The summed E-state index contributed by atoms with van der Waals surface area (Å²) < 4.78 is 10.5. The first-order valence-corrected chi connectivity index (χ1v) is 6.04. The zero-order chi connectivity index (χ0) is 13.6. The van der Waals surface area contributed by atoms with Crippen LogP contribution in [0, 0.1) is 0 Å². The largest absolute Gasteiger partial charge is 0.468 e. The third-order valence-electron chi connectivity index (χ3n) is 3.05. The Morgan fingerprint density at radius 3 is 2.67 bits per heavy atom. The highest BCUT2D eigenvalue weighted by molar-refractivity contribution is 5.81. The van der Waals surface area contributed by atoms with E-state index in [1.165, 1.54) is 7.11 Å². The highest BCUT2D eigenvalue weighted by atomic mass is 16.5. The number of hydrogen-bond acceptors (Lipinski definition) is 5. The third-order valence-corrected chi connectivity index (χ3v) is 3.05. The number of ether oxygens (including phenoxy) is 2. The average Bonchev–Trinajstić information content (AvgIpc) is 2.32. The van der Waals surface area contributed by atoms with E-state index < -0.39 is 5.54 Å². The van der Waals surface area contributed by atoms with E-state index >= 15 is 0 Å². The van der Waals surface area contributed by atoms with Crippen molar-refractivity contribution < 1.29 is 14.3 Å². The Balaban J connectivity index is 2.74. The first kappa shape index (κ1) is 14.8. The predicted octanol–water partition coefficient (Wildman–Crippen LogP) is 1.39. The molecule has 0 radical (unpaired) electrons. The third kappa shape index (κ3) is 3.60. The maximum atomic E-state index is 12.0. The van der Waals surface area contributed by atoms with Gasteiger partial charge >= 0.3 is 5.97 Å². The van der Waals surface area contributed by atoms with Crippen molar-refractivity contribution in [2.45, 2.75) is 44.4 Å². The smallest absolute Gasteiger partial charge is 0.326 e. The lowest BCUT2D eigenvalue weighted by Gasteiger charge is -2.41. The Morgan fingerprint density at radius 2 is 2.17 bits per heavy atom. The molecule has 0 spiro atoms. The van der Waals surface area contributed by atoms with Crippen LogP contribution in [0.4, 0.5) is 0 Å². The fraction of sp³-hybridized carbons (Fsp3) is 0.909. The molecule has 1 rings (SSSR count). The van der Waals surface area contributed by atoms with Crippen LogP contribution in [0.2, 0.25) is 0 Å². The quantitative estimate of drug-likeness (QED) is 0.264. The predicted molar refractivity (Wildman–Crippen MR) is 66.0 cm³/mol. The van der Waals surface area contributed by atoms with Crippen LogP contribution >= 0.6 is 0 Å². The number of carbonyl (C=O) groups is 1. The molecule has 102 valence electrons. The monoisotopic (exact) mass is 256 g/mol. The van der Waals surface area contributed by atoms with Gasteiger partial charge in [-0.3, -0.25) is 4.79 Å². The summed E-state index contributed by atoms with van der Waals surface area (Å²) >= 11 is 0. The van der Waals surface area contributed by atoms with Crippen molar-refractivity contribution in [2.24, 2.45) is 5.11 Å². The Bertz CT molecular complexity index is 331. The molecular weight excluding hydrogens is 236 g/mol. The minimum Gasteiger partial charge on any atom is -0.468 e. The van der Waals surface area contributed by atoms with E-state index in [1.807, 2.05) is 13.8 Å². The molecule has 1 N–H and O–H groups in total. The van der Waals surface area contributed by atoms with Gasteiger partial charge in [0.15, 0.2) is 0 Å². The fourth-order valence-corrected chi connectivity index (χ4v) is 2.53. The van der Waals surface area contributed by atoms with Gasteiger partial charge in [-0.15, -0.1) is 0 Å². The second kappa shape index (κ2) is 6.58. The van der Waals surface area contributed by atoms with Crippen molar-refractivity contribution in [3.8, 4) is 0 Å². The molecule has 7 nitrogen and oxygen atoms in total. The molecule has 0 bridgehead atoms. The standard InChI is InChI=1S/C11H20N4O3/c1-8-6-11(10(16)17-3,7-9(2)18-8)13-4-5-14-15-12/h8-9,13H,4-7H2,1-3H3. The number of rotatable bonds is 5. The van der Waals surface area contributed by atoms with Crippen LogP contribution in [0.25, 0.3) is 10.4 Å². The number of nitrogens with zero attached hydrogens (tertiary/aromatic N) is 3. The van der Waals surface area contributed by atoms with E-state index in [-0.39, 0.29) is 18.2 Å². The summed E-state index contributed by atoms with van der Waals surface area (Å²) in [6.45, 7) is 4.61. The van der Waals surface area contributed by atoms with Gasteiger partial charge in [-0.2, -0.15) is 0 Å². The molecule has 0 aromatic rings. The molecule has 1 saturated heterocycles. The van der Waals surface area contributed by atoms with Crippen LogP contribution in [-0.4, -0.2) is 43.9 Å². The van der Waals surface area contributed by atoms with Gasteiger partial charge in [0, 0.05) is 30.8 Å². The van der Waals surface area contributed by atoms with Crippen molar-refractivity contribution >= 4 is 5.97 Å². The summed E-state index contributed by atoms with van der Waals surface area (Å²) in [6, 6.07) is 0. The van der Waals surface area contributed by atoms with Crippen molar-refractivity contribution in [3.05, 3.63) is 10.4 Å². The molecule has 1 heterocycles. The molecule has 0 aromatic carbocycles. The molecule has 1 aliphatic heterocycles. The Hall–Kier alpha value is -1.30. The molecule has 0 aromatic heterocycles. The lowest BCUT2D eigenvalue weighted by Crippen LogP contribution is -2.59. The van der Waals surface area contributed by atoms with Crippen LogP contribution in [0.1, 0.15) is 26.7 Å². The molecule has 0 aliphatic carbocycles. The van der Waals surface area contributed by atoms with Gasteiger partial charge in [-0.05, 0) is 19.4 Å². The number of hydrogen-bond donors (Lipinski definition) is 1. The van der Waals surface area contributed by atoms with Crippen LogP contribution in [0.5, 0.6) is 0 Å². The summed E-state index contributed by atoms with van der Waals surface area (Å²) in [7, 11) is 1.38. The van der Waals surface area contributed by atoms with E-state index in [0.717, 1.165) is 0 Å². The first-order chi connectivity index (χ1) is 8.54. The number of nitrogens with one attached hydrogen (secondary N) is 1. The molecule has 1 fully saturated rings. The number of esters is 1. The molecule has 1 aliphatic rings. The van der Waals surface area contributed by atoms with Crippen molar-refractivity contribution in [2.75, 3.05) is 20.2 Å². The minimum atomic E-state index is -0.739. The Morgan fingerprint density at radius 1 is 1.56 bits per heavy atom. The summed E-state index contributed by atoms with van der Waals surface area (Å²) in [5.41, 5.74) is 7.49. The Labute approximate surface area is 106 Å². The van der Waals surface area contributed by atoms with Gasteiger partial charge < -0.3 is 14.8 Å². The SMILES string of the molecule is COC(=O)C1(NCCN=[N+]=[N-])CC(C)OC(C)C1. The van der Waals surface area contributed by atoms with E-state index in [4.69, 9.17) is 15.0 Å². The van der Waals surface area contributed by atoms with Gasteiger partial charge in [-0.1, -0.05) is 5.11 Å². The van der Waals surface area contributed by atoms with Crippen molar-refractivity contribution in [3.63, 3.8) is 0 Å². The second-order valence-electron chi connectivity index (χ2n) is 4.62. The van der Waals surface area contributed by atoms with E-state index in [9.17, 15) is 4.79 Å². The molecule has 0 saturated carbocycles. The molecular formula is C11H20N4O3. The zero-order valence-corrected chi connectivity index (χ0v) is 11.0. The lowest BCUT2D eigenvalue weighted by atomic mass is 9.84. The molecule has 18 heavy (non-hydrogen) atoms. The minimum absolute atomic E-state index is 0.0141. The van der Waals surface area contributed by atoms with E-state index in [1.54, 1.807) is 0 Å². The molecule has 0 amide bonds. The van der Waals surface area contributed by atoms with Crippen LogP contribution in [0.15, 0.2) is 5.11 Å². The van der Waals surface area contributed by atoms with Crippen LogP contribution < -0.4 is 5.32 Å². The van der Waals surface area contributed by atoms with Crippen LogP contribution in [0.3, 0.4) is 0 Å².